The molecule has 2 rings (SSSR count). The Morgan fingerprint density at radius 1 is 1.43 bits per heavy atom. The number of anilines is 2. The minimum atomic E-state index is -4.19. The summed E-state index contributed by atoms with van der Waals surface area (Å²) in [4.78, 5) is 13.3. The van der Waals surface area contributed by atoms with Gasteiger partial charge in [-0.3, -0.25) is 16.0 Å². The highest BCUT2D eigenvalue weighted by atomic mass is 32.2. The Morgan fingerprint density at radius 3 is 2.67 bits per heavy atom. The first-order valence-corrected chi connectivity index (χ1v) is 6.90. The number of rotatable bonds is 5. The van der Waals surface area contributed by atoms with Gasteiger partial charge < -0.3 is 9.95 Å². The van der Waals surface area contributed by atoms with Crippen molar-refractivity contribution in [3.8, 4) is 0 Å². The molecule has 1 aromatic heterocycles. The normalized spacial score (nSPS) is 11.1. The van der Waals surface area contributed by atoms with E-state index in [0.29, 0.717) is 0 Å². The number of hydrazine groups is 1. The number of hydrogen-bond acceptors (Lipinski definition) is 9. The van der Waals surface area contributed by atoms with Crippen molar-refractivity contribution in [2.24, 2.45) is 5.84 Å². The second-order valence-electron chi connectivity index (χ2n) is 3.83. The lowest BCUT2D eigenvalue weighted by Crippen LogP contribution is -2.18. The summed E-state index contributed by atoms with van der Waals surface area (Å²) in [6.45, 7) is 1.50. The maximum atomic E-state index is 12.2. The fourth-order valence-electron chi connectivity index (χ4n) is 1.47. The first-order chi connectivity index (χ1) is 9.83. The molecule has 0 spiro atoms. The third-order valence-electron chi connectivity index (χ3n) is 2.37. The average Bonchev–Trinajstić information content (AvgIpc) is 2.82. The van der Waals surface area contributed by atoms with Crippen LogP contribution in [0, 0.1) is 17.0 Å². The second kappa shape index (κ2) is 5.34. The lowest BCUT2D eigenvalue weighted by atomic mass is 10.3. The van der Waals surface area contributed by atoms with E-state index in [4.69, 9.17) is 5.84 Å². The van der Waals surface area contributed by atoms with Crippen LogP contribution in [-0.4, -0.2) is 23.5 Å². The predicted molar refractivity (Wildman–Crippen MR) is 70.8 cm³/mol. The van der Waals surface area contributed by atoms with Crippen molar-refractivity contribution < 1.29 is 17.9 Å². The molecule has 21 heavy (non-hydrogen) atoms. The van der Waals surface area contributed by atoms with E-state index in [9.17, 15) is 18.5 Å². The van der Waals surface area contributed by atoms with Crippen LogP contribution < -0.4 is 16.0 Å². The molecule has 0 saturated carbocycles. The molecule has 2 aromatic rings. The van der Waals surface area contributed by atoms with Gasteiger partial charge in [-0.2, -0.15) is 4.98 Å². The Morgan fingerprint density at radius 2 is 2.14 bits per heavy atom. The number of nitro groups is 1. The van der Waals surface area contributed by atoms with Crippen molar-refractivity contribution >= 4 is 27.4 Å². The Hall–Kier alpha value is -2.73. The van der Waals surface area contributed by atoms with Crippen LogP contribution in [0.2, 0.25) is 0 Å². The summed E-state index contributed by atoms with van der Waals surface area (Å²) in [6.07, 6.45) is 0. The molecule has 0 radical (unpaired) electrons. The van der Waals surface area contributed by atoms with E-state index >= 15 is 0 Å². The van der Waals surface area contributed by atoms with Crippen molar-refractivity contribution in [1.82, 2.24) is 10.1 Å². The zero-order valence-corrected chi connectivity index (χ0v) is 11.4. The van der Waals surface area contributed by atoms with E-state index in [1.807, 2.05) is 4.72 Å². The maximum Gasteiger partial charge on any atom is 0.335 e. The molecule has 4 N–H and O–H groups in total. The third-order valence-corrected chi connectivity index (χ3v) is 3.73. The first kappa shape index (κ1) is 14.7. The molecule has 0 amide bonds. The lowest BCUT2D eigenvalue weighted by molar-refractivity contribution is -0.385. The number of aryl methyl sites for hydroxylation is 1. The van der Waals surface area contributed by atoms with Crippen LogP contribution in [0.15, 0.2) is 27.6 Å². The van der Waals surface area contributed by atoms with Crippen LogP contribution in [-0.2, 0) is 10.0 Å². The highest BCUT2D eigenvalue weighted by Gasteiger charge is 2.24. The molecule has 0 aliphatic heterocycles. The van der Waals surface area contributed by atoms with Gasteiger partial charge in [-0.15, -0.1) is 0 Å². The van der Waals surface area contributed by atoms with E-state index < -0.39 is 25.5 Å². The lowest BCUT2D eigenvalue weighted by Gasteiger charge is -2.09. The molecule has 112 valence electrons. The van der Waals surface area contributed by atoms with E-state index in [1.165, 1.54) is 13.0 Å². The molecule has 1 heterocycles. The molecule has 0 aliphatic rings. The van der Waals surface area contributed by atoms with E-state index in [2.05, 4.69) is 20.1 Å². The SMILES string of the molecule is Cc1noc(NS(=O)(=O)c2cc([N+](=O)[O-])ccc2NN)n1. The van der Waals surface area contributed by atoms with Gasteiger partial charge in [0.1, 0.15) is 4.90 Å². The summed E-state index contributed by atoms with van der Waals surface area (Å²) in [5, 5.41) is 14.2. The van der Waals surface area contributed by atoms with Gasteiger partial charge in [-0.05, 0) is 13.0 Å². The van der Waals surface area contributed by atoms with Gasteiger partial charge in [-0.25, -0.2) is 13.1 Å². The van der Waals surface area contributed by atoms with Crippen LogP contribution in [0.1, 0.15) is 5.82 Å². The first-order valence-electron chi connectivity index (χ1n) is 5.41. The Labute approximate surface area is 118 Å². The molecule has 0 atom stereocenters. The summed E-state index contributed by atoms with van der Waals surface area (Å²) in [5.41, 5.74) is 1.72. The van der Waals surface area contributed by atoms with Gasteiger partial charge in [0, 0.05) is 12.1 Å². The monoisotopic (exact) mass is 314 g/mol. The number of benzene rings is 1. The number of nitrogens with zero attached hydrogens (tertiary/aromatic N) is 3. The minimum Gasteiger partial charge on any atom is -0.323 e. The van der Waals surface area contributed by atoms with Crippen LogP contribution >= 0.6 is 0 Å². The number of nitrogens with one attached hydrogen (secondary N) is 2. The van der Waals surface area contributed by atoms with Crippen molar-refractivity contribution in [2.75, 3.05) is 10.1 Å². The highest BCUT2D eigenvalue weighted by Crippen LogP contribution is 2.27. The summed E-state index contributed by atoms with van der Waals surface area (Å²) in [5.74, 6) is 5.43. The van der Waals surface area contributed by atoms with Gasteiger partial charge in [-0.1, -0.05) is 5.16 Å². The standard InChI is InChI=1S/C9H10N6O5S/c1-5-11-9(20-13-5)14-21(18,19)8-4-6(15(16)17)2-3-7(8)12-10/h2-4,12H,10H2,1H3,(H,11,13,14). The molecule has 0 bridgehead atoms. The fraction of sp³-hybridized carbons (Fsp3) is 0.111. The largest absolute Gasteiger partial charge is 0.335 e. The molecule has 12 heteroatoms. The molecular formula is C9H10N6O5S. The van der Waals surface area contributed by atoms with Crippen LogP contribution in [0.5, 0.6) is 0 Å². The molecule has 11 nitrogen and oxygen atoms in total. The van der Waals surface area contributed by atoms with Crippen LogP contribution in [0.4, 0.5) is 17.4 Å². The molecule has 0 aliphatic carbocycles. The number of non-ortho nitro benzene ring substituents is 1. The fourth-order valence-corrected chi connectivity index (χ4v) is 2.59. The minimum absolute atomic E-state index is 0.0238. The van der Waals surface area contributed by atoms with Crippen molar-refractivity contribution in [3.05, 3.63) is 34.1 Å². The van der Waals surface area contributed by atoms with Crippen molar-refractivity contribution in [1.29, 1.82) is 0 Å². The predicted octanol–water partition coefficient (Wildman–Crippen LogP) is 0.373. The Balaban J connectivity index is 2.47. The zero-order valence-electron chi connectivity index (χ0n) is 10.6. The highest BCUT2D eigenvalue weighted by molar-refractivity contribution is 7.92. The second-order valence-corrected chi connectivity index (χ2v) is 5.48. The van der Waals surface area contributed by atoms with E-state index in [0.717, 1.165) is 12.1 Å². The number of nitro benzene ring substituents is 1. The Bertz CT molecular complexity index is 786. The maximum absolute atomic E-state index is 12.2. The number of aromatic nitrogens is 2. The van der Waals surface area contributed by atoms with Gasteiger partial charge >= 0.3 is 6.01 Å². The Kier molecular flexibility index (Phi) is 3.73. The van der Waals surface area contributed by atoms with Gasteiger partial charge in [0.2, 0.25) is 0 Å². The number of nitrogen functional groups attached to an aromatic ring is 1. The third kappa shape index (κ3) is 3.06. The van der Waals surface area contributed by atoms with Gasteiger partial charge in [0.25, 0.3) is 15.7 Å². The van der Waals surface area contributed by atoms with Crippen molar-refractivity contribution in [2.45, 2.75) is 11.8 Å². The average molecular weight is 314 g/mol. The number of sulfonamides is 1. The zero-order chi connectivity index (χ0) is 15.6. The number of hydrogen-bond donors (Lipinski definition) is 3. The van der Waals surface area contributed by atoms with E-state index in [1.54, 1.807) is 0 Å². The smallest absolute Gasteiger partial charge is 0.323 e. The molecular weight excluding hydrogens is 304 g/mol. The summed E-state index contributed by atoms with van der Waals surface area (Å²) in [6, 6.07) is 2.79. The summed E-state index contributed by atoms with van der Waals surface area (Å²) < 4.78 is 31.1. The van der Waals surface area contributed by atoms with Gasteiger partial charge in [0.05, 0.1) is 10.6 Å². The van der Waals surface area contributed by atoms with Crippen LogP contribution in [0.3, 0.4) is 0 Å². The van der Waals surface area contributed by atoms with Gasteiger partial charge in [0.15, 0.2) is 5.82 Å². The summed E-state index contributed by atoms with van der Waals surface area (Å²) in [7, 11) is -4.19. The van der Waals surface area contributed by atoms with Crippen molar-refractivity contribution in [3.63, 3.8) is 0 Å². The van der Waals surface area contributed by atoms with Crippen LogP contribution in [0.25, 0.3) is 0 Å². The topological polar surface area (TPSA) is 166 Å². The van der Waals surface area contributed by atoms with E-state index in [-0.39, 0.29) is 17.5 Å². The molecule has 0 saturated heterocycles. The number of nitrogens with two attached hydrogens (primary N) is 1. The molecule has 0 fully saturated rings. The molecule has 1 aromatic carbocycles. The summed E-state index contributed by atoms with van der Waals surface area (Å²) >= 11 is 0. The molecule has 0 unspecified atom stereocenters. The quantitative estimate of drug-likeness (QED) is 0.401.